The fourth-order valence-corrected chi connectivity index (χ4v) is 4.87. The predicted octanol–water partition coefficient (Wildman–Crippen LogP) is 4.70. The number of hydrogen-bond acceptors (Lipinski definition) is 5. The van der Waals surface area contributed by atoms with E-state index in [0.717, 1.165) is 27.9 Å². The molecule has 2 aromatic carbocycles. The number of anilines is 1. The van der Waals surface area contributed by atoms with Crippen LogP contribution in [0, 0.1) is 6.92 Å². The minimum atomic E-state index is -3.35. The molecule has 0 saturated heterocycles. The van der Waals surface area contributed by atoms with Crippen LogP contribution >= 0.6 is 22.9 Å². The van der Waals surface area contributed by atoms with Crippen molar-refractivity contribution in [1.29, 1.82) is 0 Å². The first-order valence-electron chi connectivity index (χ1n) is 8.59. The molecule has 1 amide bonds. The van der Waals surface area contributed by atoms with Crippen molar-refractivity contribution in [3.8, 4) is 5.69 Å². The molecule has 9 heteroatoms. The number of carbonyl (C=O) groups is 1. The van der Waals surface area contributed by atoms with E-state index in [1.807, 2.05) is 25.1 Å². The predicted molar refractivity (Wildman–Crippen MR) is 116 cm³/mol. The quantitative estimate of drug-likeness (QED) is 0.493. The third-order valence-corrected chi connectivity index (χ3v) is 6.80. The number of thiophene rings is 1. The smallest absolute Gasteiger partial charge is 0.265 e. The van der Waals surface area contributed by atoms with Crippen LogP contribution < -0.4 is 5.32 Å². The Morgan fingerprint density at radius 1 is 1.14 bits per heavy atom. The number of sulfone groups is 1. The summed E-state index contributed by atoms with van der Waals surface area (Å²) in [5.74, 6) is -0.311. The summed E-state index contributed by atoms with van der Waals surface area (Å²) in [5.41, 5.74) is 2.03. The Bertz CT molecular complexity index is 1360. The van der Waals surface area contributed by atoms with E-state index in [1.165, 1.54) is 23.5 Å². The lowest BCUT2D eigenvalue weighted by atomic mass is 10.3. The van der Waals surface area contributed by atoms with E-state index in [4.69, 9.17) is 11.6 Å². The standard InChI is InChI=1S/C20H16ClN3O3S2/c1-12-17-11-18(19(25)22-14-6-4-8-16(10-14)29(2,26)27)28-20(17)24(23-12)15-7-3-5-13(21)9-15/h3-11H,1-2H3,(H,22,25). The number of aromatic nitrogens is 2. The zero-order chi connectivity index (χ0) is 20.8. The molecule has 29 heavy (non-hydrogen) atoms. The van der Waals surface area contributed by atoms with Crippen molar-refractivity contribution in [2.45, 2.75) is 11.8 Å². The summed E-state index contributed by atoms with van der Waals surface area (Å²) in [5, 5.41) is 8.80. The highest BCUT2D eigenvalue weighted by atomic mass is 35.5. The molecule has 0 fully saturated rings. The normalized spacial score (nSPS) is 11.7. The van der Waals surface area contributed by atoms with Gasteiger partial charge in [-0.3, -0.25) is 4.79 Å². The number of nitrogens with zero attached hydrogens (tertiary/aromatic N) is 2. The molecular weight excluding hydrogens is 430 g/mol. The van der Waals surface area contributed by atoms with E-state index < -0.39 is 9.84 Å². The Balaban J connectivity index is 1.68. The van der Waals surface area contributed by atoms with Crippen LogP contribution in [0.3, 0.4) is 0 Å². The number of hydrogen-bond donors (Lipinski definition) is 1. The second-order valence-corrected chi connectivity index (χ2v) is 10.0. The lowest BCUT2D eigenvalue weighted by Gasteiger charge is -2.06. The van der Waals surface area contributed by atoms with Gasteiger partial charge in [-0.05, 0) is 49.4 Å². The number of halogens is 1. The molecule has 2 heterocycles. The molecule has 4 rings (SSSR count). The van der Waals surface area contributed by atoms with Gasteiger partial charge in [-0.25, -0.2) is 13.1 Å². The third-order valence-electron chi connectivity index (χ3n) is 4.34. The second-order valence-electron chi connectivity index (χ2n) is 6.56. The van der Waals surface area contributed by atoms with Crippen molar-refractivity contribution >= 4 is 54.6 Å². The van der Waals surface area contributed by atoms with Gasteiger partial charge in [0.25, 0.3) is 5.91 Å². The first kappa shape index (κ1) is 19.6. The van der Waals surface area contributed by atoms with E-state index >= 15 is 0 Å². The van der Waals surface area contributed by atoms with Crippen LogP contribution in [0.1, 0.15) is 15.4 Å². The molecule has 1 N–H and O–H groups in total. The molecule has 2 aromatic heterocycles. The molecule has 6 nitrogen and oxygen atoms in total. The molecule has 0 spiro atoms. The van der Waals surface area contributed by atoms with Crippen molar-refractivity contribution in [1.82, 2.24) is 9.78 Å². The summed E-state index contributed by atoms with van der Waals surface area (Å²) in [6, 6.07) is 15.3. The zero-order valence-corrected chi connectivity index (χ0v) is 17.9. The fourth-order valence-electron chi connectivity index (χ4n) is 2.94. The van der Waals surface area contributed by atoms with E-state index in [9.17, 15) is 13.2 Å². The highest BCUT2D eigenvalue weighted by Crippen LogP contribution is 2.31. The lowest BCUT2D eigenvalue weighted by molar-refractivity contribution is 0.103. The Kier molecular flexibility index (Phi) is 4.94. The topological polar surface area (TPSA) is 81.1 Å². The van der Waals surface area contributed by atoms with Gasteiger partial charge in [-0.15, -0.1) is 11.3 Å². The van der Waals surface area contributed by atoms with Gasteiger partial charge in [0.2, 0.25) is 0 Å². The summed E-state index contributed by atoms with van der Waals surface area (Å²) >= 11 is 7.41. The molecule has 0 bridgehead atoms. The van der Waals surface area contributed by atoms with Crippen LogP contribution in [0.25, 0.3) is 15.9 Å². The molecule has 148 valence electrons. The number of carbonyl (C=O) groups excluding carboxylic acids is 1. The first-order valence-corrected chi connectivity index (χ1v) is 11.7. The molecule has 0 radical (unpaired) electrons. The van der Waals surface area contributed by atoms with E-state index in [-0.39, 0.29) is 10.8 Å². The van der Waals surface area contributed by atoms with Crippen molar-refractivity contribution in [3.63, 3.8) is 0 Å². The van der Waals surface area contributed by atoms with Crippen molar-refractivity contribution in [2.75, 3.05) is 11.6 Å². The van der Waals surface area contributed by atoms with Gasteiger partial charge in [0.1, 0.15) is 4.83 Å². The van der Waals surface area contributed by atoms with E-state index in [2.05, 4.69) is 10.4 Å². The maximum atomic E-state index is 12.8. The molecule has 0 aliphatic carbocycles. The highest BCUT2D eigenvalue weighted by Gasteiger charge is 2.18. The van der Waals surface area contributed by atoms with Crippen LogP contribution in [0.15, 0.2) is 59.5 Å². The zero-order valence-electron chi connectivity index (χ0n) is 15.5. The van der Waals surface area contributed by atoms with Gasteiger partial charge in [0.15, 0.2) is 9.84 Å². The number of fused-ring (bicyclic) bond motifs is 1. The molecular formula is C20H16ClN3O3S2. The monoisotopic (exact) mass is 445 g/mol. The fraction of sp³-hybridized carbons (Fsp3) is 0.100. The molecule has 0 aliphatic rings. The number of nitrogens with one attached hydrogen (secondary N) is 1. The van der Waals surface area contributed by atoms with Crippen molar-refractivity contribution in [2.24, 2.45) is 0 Å². The maximum Gasteiger partial charge on any atom is 0.265 e. The number of aryl methyl sites for hydroxylation is 1. The number of rotatable bonds is 4. The summed E-state index contributed by atoms with van der Waals surface area (Å²) < 4.78 is 25.2. The van der Waals surface area contributed by atoms with Gasteiger partial charge in [0.05, 0.1) is 21.2 Å². The molecule has 0 saturated carbocycles. The van der Waals surface area contributed by atoms with Crippen molar-refractivity contribution in [3.05, 3.63) is 70.2 Å². The summed E-state index contributed by atoms with van der Waals surface area (Å²) in [6.07, 6.45) is 1.13. The Hall–Kier alpha value is -2.68. The molecule has 0 unspecified atom stereocenters. The average molecular weight is 446 g/mol. The van der Waals surface area contributed by atoms with Crippen molar-refractivity contribution < 1.29 is 13.2 Å². The molecule has 0 atom stereocenters. The number of benzene rings is 2. The minimum absolute atomic E-state index is 0.152. The van der Waals surface area contributed by atoms with E-state index in [1.54, 1.807) is 28.9 Å². The maximum absolute atomic E-state index is 12.8. The minimum Gasteiger partial charge on any atom is -0.321 e. The van der Waals surface area contributed by atoms with Gasteiger partial charge in [-0.2, -0.15) is 5.10 Å². The highest BCUT2D eigenvalue weighted by molar-refractivity contribution is 7.90. The second kappa shape index (κ2) is 7.29. The average Bonchev–Trinajstić information content (AvgIpc) is 3.22. The SMILES string of the molecule is Cc1nn(-c2cccc(Cl)c2)c2sc(C(=O)Nc3cccc(S(C)(=O)=O)c3)cc12. The van der Waals surface area contributed by atoms with Crippen LogP contribution in [0.4, 0.5) is 5.69 Å². The van der Waals surface area contributed by atoms with Gasteiger partial charge in [0, 0.05) is 22.4 Å². The van der Waals surface area contributed by atoms with Gasteiger partial charge in [-0.1, -0.05) is 23.7 Å². The summed E-state index contributed by atoms with van der Waals surface area (Å²) in [4.78, 5) is 14.2. The van der Waals surface area contributed by atoms with E-state index in [0.29, 0.717) is 15.6 Å². The van der Waals surface area contributed by atoms with Crippen LogP contribution in [0.5, 0.6) is 0 Å². The van der Waals surface area contributed by atoms with Crippen LogP contribution in [0.2, 0.25) is 5.02 Å². The summed E-state index contributed by atoms with van der Waals surface area (Å²) in [6.45, 7) is 1.88. The lowest BCUT2D eigenvalue weighted by Crippen LogP contribution is -2.10. The summed E-state index contributed by atoms with van der Waals surface area (Å²) in [7, 11) is -3.35. The largest absolute Gasteiger partial charge is 0.321 e. The molecule has 0 aliphatic heterocycles. The third kappa shape index (κ3) is 3.91. The Morgan fingerprint density at radius 3 is 2.62 bits per heavy atom. The van der Waals surface area contributed by atoms with Crippen LogP contribution in [-0.4, -0.2) is 30.4 Å². The molecule has 4 aromatic rings. The van der Waals surface area contributed by atoms with Gasteiger partial charge >= 0.3 is 0 Å². The Labute approximate surface area is 176 Å². The number of amides is 1. The van der Waals surface area contributed by atoms with Crippen LogP contribution in [-0.2, 0) is 9.84 Å². The Morgan fingerprint density at radius 2 is 1.90 bits per heavy atom. The van der Waals surface area contributed by atoms with Gasteiger partial charge < -0.3 is 5.32 Å². The first-order chi connectivity index (χ1) is 13.7.